The molecule has 0 N–H and O–H groups in total. The highest BCUT2D eigenvalue weighted by Gasteiger charge is 2.31. The fraction of sp³-hybridized carbons (Fsp3) is 0.174. The first-order valence-electron chi connectivity index (χ1n) is 8.82. The molecule has 3 heteroatoms. The fourth-order valence-electron chi connectivity index (χ4n) is 3.52. The Balaban J connectivity index is 1.58. The van der Waals surface area contributed by atoms with Crippen LogP contribution in [-0.4, -0.2) is 12.6 Å². The highest BCUT2D eigenvalue weighted by atomic mass is 16.5. The second-order valence-corrected chi connectivity index (χ2v) is 6.60. The molecule has 0 amide bonds. The van der Waals surface area contributed by atoms with Crippen LogP contribution in [0.5, 0.6) is 11.5 Å². The largest absolute Gasteiger partial charge is 0.462 e. The summed E-state index contributed by atoms with van der Waals surface area (Å²) in [7, 11) is 0. The van der Waals surface area contributed by atoms with Crippen LogP contribution >= 0.6 is 0 Å². The molecule has 0 saturated carbocycles. The lowest BCUT2D eigenvalue weighted by atomic mass is 9.80. The van der Waals surface area contributed by atoms with Crippen molar-refractivity contribution in [2.45, 2.75) is 12.8 Å². The zero-order valence-corrected chi connectivity index (χ0v) is 14.6. The van der Waals surface area contributed by atoms with E-state index in [0.29, 0.717) is 12.2 Å². The van der Waals surface area contributed by atoms with Gasteiger partial charge in [-0.3, -0.25) is 0 Å². The Bertz CT molecular complexity index is 872. The molecule has 26 heavy (non-hydrogen) atoms. The van der Waals surface area contributed by atoms with Gasteiger partial charge in [-0.15, -0.1) is 0 Å². The van der Waals surface area contributed by atoms with Gasteiger partial charge in [0.15, 0.2) is 0 Å². The third-order valence-corrected chi connectivity index (χ3v) is 4.78. The van der Waals surface area contributed by atoms with E-state index in [-0.39, 0.29) is 17.8 Å². The minimum Gasteiger partial charge on any atom is -0.462 e. The number of carbonyl (C=O) groups excluding carboxylic acids is 1. The summed E-state index contributed by atoms with van der Waals surface area (Å²) in [6.45, 7) is 2.46. The van der Waals surface area contributed by atoms with Gasteiger partial charge in [-0.1, -0.05) is 61.5 Å². The van der Waals surface area contributed by atoms with E-state index >= 15 is 0 Å². The van der Waals surface area contributed by atoms with Crippen molar-refractivity contribution < 1.29 is 14.3 Å². The average molecular weight is 344 g/mol. The van der Waals surface area contributed by atoms with Gasteiger partial charge < -0.3 is 9.47 Å². The zero-order chi connectivity index (χ0) is 17.9. The molecule has 0 spiro atoms. The number of para-hydroxylation sites is 2. The lowest BCUT2D eigenvalue weighted by Crippen LogP contribution is -2.22. The second-order valence-electron chi connectivity index (χ2n) is 6.60. The zero-order valence-electron chi connectivity index (χ0n) is 14.6. The van der Waals surface area contributed by atoms with Gasteiger partial charge in [-0.25, -0.2) is 4.79 Å². The molecule has 1 heterocycles. The highest BCUT2D eigenvalue weighted by Crippen LogP contribution is 2.47. The van der Waals surface area contributed by atoms with E-state index in [1.54, 1.807) is 12.1 Å². The van der Waals surface area contributed by atoms with Gasteiger partial charge in [0.05, 0.1) is 12.2 Å². The summed E-state index contributed by atoms with van der Waals surface area (Å²) in [5.41, 5.74) is 2.84. The molecule has 130 valence electrons. The number of hydrogen-bond acceptors (Lipinski definition) is 3. The summed E-state index contributed by atoms with van der Waals surface area (Å²) in [6.07, 6.45) is 0. The van der Waals surface area contributed by atoms with E-state index in [1.807, 2.05) is 54.6 Å². The standard InChI is InChI=1S/C23H20O3/c1-16(15-25-23(24)17-9-3-2-4-10-17)22-18-11-5-7-13-20(18)26-21-14-8-6-12-19(21)22/h2-14,16,22H,15H2,1H3. The highest BCUT2D eigenvalue weighted by molar-refractivity contribution is 5.89. The monoisotopic (exact) mass is 344 g/mol. The Morgan fingerprint density at radius 2 is 1.42 bits per heavy atom. The van der Waals surface area contributed by atoms with Gasteiger partial charge in [0.2, 0.25) is 0 Å². The van der Waals surface area contributed by atoms with E-state index in [0.717, 1.165) is 22.6 Å². The summed E-state index contributed by atoms with van der Waals surface area (Å²) >= 11 is 0. The van der Waals surface area contributed by atoms with Crippen molar-refractivity contribution in [1.82, 2.24) is 0 Å². The first-order valence-corrected chi connectivity index (χ1v) is 8.82. The predicted octanol–water partition coefficient (Wildman–Crippen LogP) is 5.42. The van der Waals surface area contributed by atoms with Gasteiger partial charge >= 0.3 is 5.97 Å². The molecule has 0 radical (unpaired) electrons. The number of rotatable bonds is 4. The summed E-state index contributed by atoms with van der Waals surface area (Å²) in [5, 5.41) is 0. The third-order valence-electron chi connectivity index (χ3n) is 4.78. The smallest absolute Gasteiger partial charge is 0.338 e. The van der Waals surface area contributed by atoms with Crippen molar-refractivity contribution in [2.24, 2.45) is 5.92 Å². The lowest BCUT2D eigenvalue weighted by molar-refractivity contribution is 0.0438. The van der Waals surface area contributed by atoms with Gasteiger partial charge in [0, 0.05) is 23.0 Å². The third kappa shape index (κ3) is 3.08. The van der Waals surface area contributed by atoms with Crippen LogP contribution in [0.1, 0.15) is 34.3 Å². The minimum atomic E-state index is -0.286. The van der Waals surface area contributed by atoms with Crippen LogP contribution in [0.25, 0.3) is 0 Å². The molecule has 1 unspecified atom stereocenters. The number of esters is 1. The molecule has 4 rings (SSSR count). The van der Waals surface area contributed by atoms with E-state index in [4.69, 9.17) is 9.47 Å². The maximum Gasteiger partial charge on any atom is 0.338 e. The summed E-state index contributed by atoms with van der Waals surface area (Å²) < 4.78 is 11.6. The van der Waals surface area contributed by atoms with Crippen LogP contribution in [0.15, 0.2) is 78.9 Å². The van der Waals surface area contributed by atoms with Gasteiger partial charge in [0.25, 0.3) is 0 Å². The van der Waals surface area contributed by atoms with Crippen molar-refractivity contribution in [3.8, 4) is 11.5 Å². The summed E-state index contributed by atoms with van der Waals surface area (Å²) in [5.74, 6) is 1.70. The van der Waals surface area contributed by atoms with E-state index < -0.39 is 0 Å². The molecule has 0 aromatic heterocycles. The molecule has 0 aliphatic carbocycles. The van der Waals surface area contributed by atoms with E-state index in [1.165, 1.54) is 0 Å². The van der Waals surface area contributed by atoms with Crippen LogP contribution in [-0.2, 0) is 4.74 Å². The second kappa shape index (κ2) is 7.04. The van der Waals surface area contributed by atoms with Crippen molar-refractivity contribution in [3.63, 3.8) is 0 Å². The predicted molar refractivity (Wildman–Crippen MR) is 101 cm³/mol. The van der Waals surface area contributed by atoms with Crippen LogP contribution in [0.2, 0.25) is 0 Å². The van der Waals surface area contributed by atoms with E-state index in [2.05, 4.69) is 19.1 Å². The van der Waals surface area contributed by atoms with Crippen molar-refractivity contribution >= 4 is 5.97 Å². The SMILES string of the molecule is CC(COC(=O)c1ccccc1)C1c2ccccc2Oc2ccccc21. The molecular formula is C23H20O3. The lowest BCUT2D eigenvalue weighted by Gasteiger charge is -2.32. The number of ether oxygens (including phenoxy) is 2. The maximum atomic E-state index is 12.3. The quantitative estimate of drug-likeness (QED) is 0.593. The van der Waals surface area contributed by atoms with Gasteiger partial charge in [-0.05, 0) is 24.3 Å². The van der Waals surface area contributed by atoms with Crippen LogP contribution in [0.3, 0.4) is 0 Å². The van der Waals surface area contributed by atoms with Gasteiger partial charge in [-0.2, -0.15) is 0 Å². The molecule has 1 atom stereocenters. The number of benzene rings is 3. The normalized spacial score (nSPS) is 13.9. The van der Waals surface area contributed by atoms with Crippen LogP contribution < -0.4 is 4.74 Å². The molecule has 3 nitrogen and oxygen atoms in total. The van der Waals surface area contributed by atoms with E-state index in [9.17, 15) is 4.79 Å². The van der Waals surface area contributed by atoms with Crippen molar-refractivity contribution in [2.75, 3.05) is 6.61 Å². The van der Waals surface area contributed by atoms with Gasteiger partial charge in [0.1, 0.15) is 11.5 Å². The molecule has 0 saturated heterocycles. The molecule has 3 aromatic carbocycles. The average Bonchev–Trinajstić information content (AvgIpc) is 2.70. The molecule has 0 fully saturated rings. The number of hydrogen-bond donors (Lipinski definition) is 0. The Hall–Kier alpha value is -3.07. The Kier molecular flexibility index (Phi) is 4.44. The first kappa shape index (κ1) is 16.4. The summed E-state index contributed by atoms with van der Waals surface area (Å²) in [4.78, 5) is 12.3. The van der Waals surface area contributed by atoms with Crippen LogP contribution in [0.4, 0.5) is 0 Å². The Morgan fingerprint density at radius 3 is 2.04 bits per heavy atom. The molecular weight excluding hydrogens is 324 g/mol. The van der Waals surface area contributed by atoms with Crippen molar-refractivity contribution in [3.05, 3.63) is 95.6 Å². The Morgan fingerprint density at radius 1 is 0.885 bits per heavy atom. The summed E-state index contributed by atoms with van der Waals surface area (Å²) in [6, 6.07) is 25.2. The maximum absolute atomic E-state index is 12.3. The van der Waals surface area contributed by atoms with Crippen molar-refractivity contribution in [1.29, 1.82) is 0 Å². The van der Waals surface area contributed by atoms with Crippen LogP contribution in [0, 0.1) is 5.92 Å². The molecule has 1 aliphatic heterocycles. The minimum absolute atomic E-state index is 0.119. The topological polar surface area (TPSA) is 35.5 Å². The molecule has 0 bridgehead atoms. The first-order chi connectivity index (χ1) is 12.7. The molecule has 3 aromatic rings. The fourth-order valence-corrected chi connectivity index (χ4v) is 3.52. The Labute approximate surface area is 153 Å². The molecule has 1 aliphatic rings. The number of carbonyl (C=O) groups is 1. The number of fused-ring (bicyclic) bond motifs is 2.